The number of nitrogens with two attached hydrogens (primary N) is 1. The van der Waals surface area contributed by atoms with E-state index in [1.54, 1.807) is 11.4 Å². The van der Waals surface area contributed by atoms with Crippen molar-refractivity contribution in [2.75, 3.05) is 5.32 Å². The van der Waals surface area contributed by atoms with E-state index < -0.39 is 68.9 Å². The van der Waals surface area contributed by atoms with Gasteiger partial charge in [-0.05, 0) is 69.5 Å². The fourth-order valence-electron chi connectivity index (χ4n) is 3.72. The number of amides is 2. The molecule has 3 aromatic rings. The summed E-state index contributed by atoms with van der Waals surface area (Å²) in [4.78, 5) is 24.7. The van der Waals surface area contributed by atoms with E-state index >= 15 is 0 Å². The second-order valence-corrected chi connectivity index (χ2v) is 9.16. The first kappa shape index (κ1) is 31.4. The normalized spacial score (nSPS) is 12.5. The molecular weight excluding hydrogens is 644 g/mol. The quantitative estimate of drug-likeness (QED) is 0.277. The Morgan fingerprint density at radius 3 is 1.98 bits per heavy atom. The molecule has 0 atom stereocenters. The Morgan fingerprint density at radius 2 is 1.46 bits per heavy atom. The number of rotatable bonds is 5. The van der Waals surface area contributed by atoms with E-state index in [4.69, 9.17) is 5.73 Å². The summed E-state index contributed by atoms with van der Waals surface area (Å²) in [7, 11) is 0. The number of alkyl halides is 10. The Balaban J connectivity index is 2.21. The maximum absolute atomic E-state index is 14.6. The van der Waals surface area contributed by atoms with Gasteiger partial charge >= 0.3 is 24.2 Å². The molecule has 0 heterocycles. The first-order valence-electron chi connectivity index (χ1n) is 10.7. The fourth-order valence-corrected chi connectivity index (χ4v) is 4.28. The van der Waals surface area contributed by atoms with Gasteiger partial charge in [-0.2, -0.15) is 44.8 Å². The Labute approximate surface area is 231 Å². The summed E-state index contributed by atoms with van der Waals surface area (Å²) in [5.41, 5.74) is -7.40. The number of halogens is 11. The van der Waals surface area contributed by atoms with Crippen LogP contribution in [0.25, 0.3) is 11.1 Å². The largest absolute Gasteiger partial charge is 0.435 e. The van der Waals surface area contributed by atoms with E-state index in [2.05, 4.69) is 15.9 Å². The highest BCUT2D eigenvalue weighted by molar-refractivity contribution is 9.10. The zero-order chi connectivity index (χ0) is 31.1. The van der Waals surface area contributed by atoms with E-state index in [-0.39, 0.29) is 28.3 Å². The minimum atomic E-state index is -6.70. The molecule has 216 valence electrons. The molecule has 0 aliphatic carbocycles. The van der Waals surface area contributed by atoms with Crippen LogP contribution in [0.1, 0.15) is 37.4 Å². The molecule has 0 radical (unpaired) electrons. The summed E-state index contributed by atoms with van der Waals surface area (Å²) in [6, 6.07) is 9.37. The van der Waals surface area contributed by atoms with Crippen LogP contribution in [-0.4, -0.2) is 24.2 Å². The molecule has 41 heavy (non-hydrogen) atoms. The SMILES string of the molecule is N#Cc1ccc(C(=O)Nc2c(Br)cc(C(F)(C(F)(F)F)C(F)(F)F)cc2C(F)(F)F)c(-c2cccc(C(N)=O)c2)c1. The van der Waals surface area contributed by atoms with Crippen molar-refractivity contribution in [1.29, 1.82) is 5.26 Å². The van der Waals surface area contributed by atoms with Crippen LogP contribution in [0.2, 0.25) is 0 Å². The molecule has 0 unspecified atom stereocenters. The third-order valence-electron chi connectivity index (χ3n) is 5.66. The molecule has 3 aromatic carbocycles. The fraction of sp³-hybridized carbons (Fsp3) is 0.160. The zero-order valence-corrected chi connectivity index (χ0v) is 21.3. The number of nitrogens with zero attached hydrogens (tertiary/aromatic N) is 1. The number of hydrogen-bond donors (Lipinski definition) is 2. The highest BCUT2D eigenvalue weighted by Crippen LogP contribution is 2.55. The summed E-state index contributed by atoms with van der Waals surface area (Å²) in [6.07, 6.45) is -19.1. The lowest BCUT2D eigenvalue weighted by atomic mass is 9.91. The maximum Gasteiger partial charge on any atom is 0.435 e. The van der Waals surface area contributed by atoms with Crippen LogP contribution in [0.15, 0.2) is 59.1 Å². The van der Waals surface area contributed by atoms with Crippen LogP contribution >= 0.6 is 15.9 Å². The van der Waals surface area contributed by atoms with Gasteiger partial charge in [-0.15, -0.1) is 0 Å². The van der Waals surface area contributed by atoms with E-state index in [0.29, 0.717) is 0 Å². The molecule has 2 amide bonds. The molecule has 0 aliphatic heterocycles. The summed E-state index contributed by atoms with van der Waals surface area (Å²) in [5.74, 6) is -2.24. The van der Waals surface area contributed by atoms with Gasteiger partial charge in [-0.1, -0.05) is 12.1 Å². The Morgan fingerprint density at radius 1 is 0.854 bits per heavy atom. The molecule has 0 saturated heterocycles. The first-order chi connectivity index (χ1) is 18.7. The minimum Gasteiger partial charge on any atom is -0.366 e. The lowest BCUT2D eigenvalue weighted by Gasteiger charge is -2.31. The van der Waals surface area contributed by atoms with Crippen LogP contribution in [0.4, 0.5) is 49.6 Å². The number of hydrogen-bond acceptors (Lipinski definition) is 3. The monoisotopic (exact) mass is 655 g/mol. The van der Waals surface area contributed by atoms with Crippen molar-refractivity contribution in [3.8, 4) is 17.2 Å². The van der Waals surface area contributed by atoms with Crippen LogP contribution < -0.4 is 11.1 Å². The van der Waals surface area contributed by atoms with E-state index in [1.165, 1.54) is 24.3 Å². The van der Waals surface area contributed by atoms with Gasteiger partial charge in [0, 0.05) is 21.2 Å². The van der Waals surface area contributed by atoms with Crippen molar-refractivity contribution >= 4 is 33.4 Å². The van der Waals surface area contributed by atoms with E-state index in [9.17, 15) is 58.8 Å². The van der Waals surface area contributed by atoms with Gasteiger partial charge in [0.1, 0.15) is 0 Å². The second kappa shape index (κ2) is 10.7. The molecule has 16 heteroatoms. The van der Waals surface area contributed by atoms with Gasteiger partial charge < -0.3 is 11.1 Å². The van der Waals surface area contributed by atoms with Gasteiger partial charge in [0.15, 0.2) is 0 Å². The van der Waals surface area contributed by atoms with Gasteiger partial charge in [0.25, 0.3) is 5.91 Å². The van der Waals surface area contributed by atoms with Crippen LogP contribution in [0.3, 0.4) is 0 Å². The van der Waals surface area contributed by atoms with E-state index in [1.807, 2.05) is 0 Å². The Kier molecular flexibility index (Phi) is 8.19. The number of anilines is 1. The lowest BCUT2D eigenvalue weighted by Crippen LogP contribution is -2.50. The first-order valence-corrected chi connectivity index (χ1v) is 11.5. The zero-order valence-electron chi connectivity index (χ0n) is 19.7. The molecule has 0 bridgehead atoms. The van der Waals surface area contributed by atoms with Crippen molar-refractivity contribution in [3.63, 3.8) is 0 Å². The highest BCUT2D eigenvalue weighted by atomic mass is 79.9. The van der Waals surface area contributed by atoms with Gasteiger partial charge in [0.05, 0.1) is 22.9 Å². The molecule has 3 N–H and O–H groups in total. The number of benzene rings is 3. The third kappa shape index (κ3) is 5.99. The third-order valence-corrected chi connectivity index (χ3v) is 6.29. The smallest absolute Gasteiger partial charge is 0.366 e. The molecule has 0 saturated carbocycles. The highest BCUT2D eigenvalue weighted by Gasteiger charge is 2.73. The number of carbonyl (C=O) groups excluding carboxylic acids is 2. The number of nitrogens with one attached hydrogen (secondary N) is 1. The van der Waals surface area contributed by atoms with Crippen molar-refractivity contribution < 1.29 is 53.5 Å². The van der Waals surface area contributed by atoms with Gasteiger partial charge in [0.2, 0.25) is 5.91 Å². The average Bonchev–Trinajstić information content (AvgIpc) is 2.86. The maximum atomic E-state index is 14.6. The second-order valence-electron chi connectivity index (χ2n) is 8.30. The van der Waals surface area contributed by atoms with E-state index in [0.717, 1.165) is 18.2 Å². The molecule has 0 aromatic heterocycles. The van der Waals surface area contributed by atoms with Crippen molar-refractivity contribution in [2.45, 2.75) is 24.2 Å². The number of carbonyl (C=O) groups is 2. The number of nitriles is 1. The van der Waals surface area contributed by atoms with Crippen molar-refractivity contribution in [3.05, 3.63) is 86.9 Å². The predicted octanol–water partition coefficient (Wildman–Crippen LogP) is 7.65. The molecule has 0 aliphatic rings. The van der Waals surface area contributed by atoms with Gasteiger partial charge in [-0.3, -0.25) is 9.59 Å². The number of primary amides is 1. The molecule has 0 fully saturated rings. The van der Waals surface area contributed by atoms with Crippen molar-refractivity contribution in [2.24, 2.45) is 5.73 Å². The van der Waals surface area contributed by atoms with Crippen molar-refractivity contribution in [1.82, 2.24) is 0 Å². The standard InChI is InChI=1S/C25H12BrF10N3O2/c26-18-9-14(22(27,24(31,32)33)25(34,35)36)8-17(23(28,29)30)19(18)39-21(41)15-5-4-11(10-37)6-16(15)12-2-1-3-13(7-12)20(38)40/h1-9H,(H2,38,40)(H,39,41). The minimum absolute atomic E-state index is 0.0267. The predicted molar refractivity (Wildman–Crippen MR) is 127 cm³/mol. The molecule has 5 nitrogen and oxygen atoms in total. The molecule has 3 rings (SSSR count). The summed E-state index contributed by atoms with van der Waals surface area (Å²) in [6.45, 7) is 0. The van der Waals surface area contributed by atoms with Crippen LogP contribution in [0, 0.1) is 11.3 Å². The summed E-state index contributed by atoms with van der Waals surface area (Å²) in [5, 5.41) is 11.0. The molecular formula is C25H12BrF10N3O2. The molecule has 0 spiro atoms. The van der Waals surface area contributed by atoms with Gasteiger partial charge in [-0.25, -0.2) is 4.39 Å². The summed E-state index contributed by atoms with van der Waals surface area (Å²) < 4.78 is 134. The Bertz CT molecular complexity index is 1560. The van der Waals surface area contributed by atoms with Crippen LogP contribution in [0.5, 0.6) is 0 Å². The lowest BCUT2D eigenvalue weighted by molar-refractivity contribution is -0.348. The Hall–Kier alpha value is -4.13. The average molecular weight is 656 g/mol. The summed E-state index contributed by atoms with van der Waals surface area (Å²) >= 11 is 2.42. The van der Waals surface area contributed by atoms with Crippen LogP contribution in [-0.2, 0) is 11.8 Å². The topological polar surface area (TPSA) is 96.0 Å².